The van der Waals surface area contributed by atoms with Gasteiger partial charge in [0.05, 0.1) is 0 Å². The zero-order valence-electron chi connectivity index (χ0n) is 31.5. The molecule has 7 aromatic rings. The van der Waals surface area contributed by atoms with Crippen molar-refractivity contribution in [2.24, 2.45) is 0 Å². The molecule has 54 heavy (non-hydrogen) atoms. The van der Waals surface area contributed by atoms with Crippen LogP contribution < -0.4 is 31.9 Å². The van der Waals surface area contributed by atoms with Crippen molar-refractivity contribution in [1.82, 2.24) is 15.0 Å². The van der Waals surface area contributed by atoms with E-state index in [1.165, 1.54) is 0 Å². The van der Waals surface area contributed by atoms with Crippen molar-refractivity contribution in [2.75, 3.05) is 74.2 Å². The molecule has 9 nitrogen and oxygen atoms in total. The minimum absolute atomic E-state index is 0.603. The van der Waals surface area contributed by atoms with Gasteiger partial charge in [-0.3, -0.25) is 0 Å². The van der Waals surface area contributed by atoms with Crippen LogP contribution in [0.15, 0.2) is 127 Å². The molecule has 270 valence electrons. The molecule has 0 aliphatic rings. The maximum atomic E-state index is 5.05. The number of hydrogen-bond acceptors (Lipinski definition) is 9. The van der Waals surface area contributed by atoms with E-state index in [4.69, 9.17) is 15.0 Å². The van der Waals surface area contributed by atoms with Gasteiger partial charge in [-0.2, -0.15) is 0 Å². The quantitative estimate of drug-likeness (QED) is 0.0738. The normalized spacial score (nSPS) is 10.8. The molecule has 0 amide bonds. The van der Waals surface area contributed by atoms with Crippen LogP contribution in [-0.2, 0) is 0 Å². The molecule has 0 bridgehead atoms. The summed E-state index contributed by atoms with van der Waals surface area (Å²) >= 11 is 0. The Labute approximate surface area is 317 Å². The Morgan fingerprint density at radius 3 is 0.741 bits per heavy atom. The number of hydrogen-bond donors (Lipinski definition) is 6. The molecular weight excluding hydrogens is 667 g/mol. The second kappa shape index (κ2) is 15.8. The van der Waals surface area contributed by atoms with E-state index >= 15 is 0 Å². The SMILES string of the molecule is CNc1ccc(NC)c(-c2ccc(-c3nc(-c4ccc(-c5cc(NC)ccc5NC)cc4)nc(-c4ccc(-c5cc(NC)ccc5NC)cc4)n3)cc2)c1. The Kier molecular flexibility index (Phi) is 10.4. The van der Waals surface area contributed by atoms with Crippen molar-refractivity contribution in [3.05, 3.63) is 127 Å². The van der Waals surface area contributed by atoms with E-state index in [1.807, 2.05) is 42.3 Å². The Balaban J connectivity index is 1.30. The summed E-state index contributed by atoms with van der Waals surface area (Å²) in [6, 6.07) is 44.1. The first-order chi connectivity index (χ1) is 26.4. The average Bonchev–Trinajstić information content (AvgIpc) is 3.25. The van der Waals surface area contributed by atoms with Crippen LogP contribution in [-0.4, -0.2) is 57.2 Å². The van der Waals surface area contributed by atoms with Crippen LogP contribution in [0.25, 0.3) is 67.5 Å². The van der Waals surface area contributed by atoms with Crippen molar-refractivity contribution in [1.29, 1.82) is 0 Å². The second-order valence-electron chi connectivity index (χ2n) is 12.8. The Hall–Kier alpha value is -6.87. The van der Waals surface area contributed by atoms with Crippen LogP contribution in [0.2, 0.25) is 0 Å². The summed E-state index contributed by atoms with van der Waals surface area (Å²) in [5.41, 5.74) is 15.6. The number of rotatable bonds is 12. The maximum Gasteiger partial charge on any atom is 0.164 e. The third-order valence-electron chi connectivity index (χ3n) is 9.73. The topological polar surface area (TPSA) is 111 Å². The molecule has 6 N–H and O–H groups in total. The van der Waals surface area contributed by atoms with E-state index in [9.17, 15) is 0 Å². The van der Waals surface area contributed by atoms with Crippen LogP contribution in [0.5, 0.6) is 0 Å². The smallest absolute Gasteiger partial charge is 0.164 e. The molecule has 7 rings (SSSR count). The summed E-state index contributed by atoms with van der Waals surface area (Å²) in [4.78, 5) is 15.2. The fourth-order valence-electron chi connectivity index (χ4n) is 6.63. The van der Waals surface area contributed by atoms with E-state index in [1.54, 1.807) is 0 Å². The van der Waals surface area contributed by atoms with Crippen molar-refractivity contribution >= 4 is 34.1 Å². The molecule has 0 aliphatic heterocycles. The van der Waals surface area contributed by atoms with Gasteiger partial charge in [0.2, 0.25) is 0 Å². The van der Waals surface area contributed by atoms with Crippen LogP contribution >= 0.6 is 0 Å². The van der Waals surface area contributed by atoms with Gasteiger partial charge < -0.3 is 31.9 Å². The molecular formula is C45H45N9. The number of anilines is 6. The van der Waals surface area contributed by atoms with Gasteiger partial charge in [0.25, 0.3) is 0 Å². The molecule has 0 saturated carbocycles. The molecule has 0 aliphatic carbocycles. The van der Waals surface area contributed by atoms with Crippen LogP contribution in [0, 0.1) is 0 Å². The summed E-state index contributed by atoms with van der Waals surface area (Å²) in [5, 5.41) is 19.7. The third-order valence-corrected chi connectivity index (χ3v) is 9.73. The van der Waals surface area contributed by atoms with Gasteiger partial charge in [-0.1, -0.05) is 72.8 Å². The summed E-state index contributed by atoms with van der Waals surface area (Å²) in [7, 11) is 11.6. The molecule has 1 heterocycles. The van der Waals surface area contributed by atoms with Crippen LogP contribution in [0.4, 0.5) is 34.1 Å². The first-order valence-corrected chi connectivity index (χ1v) is 18.0. The summed E-state index contributed by atoms with van der Waals surface area (Å²) in [5.74, 6) is 1.81. The molecule has 0 saturated heterocycles. The van der Waals surface area contributed by atoms with E-state index in [2.05, 4.69) is 159 Å². The van der Waals surface area contributed by atoms with E-state index in [0.717, 1.165) is 84.2 Å². The number of aromatic nitrogens is 3. The van der Waals surface area contributed by atoms with Gasteiger partial charge in [-0.05, 0) is 71.3 Å². The van der Waals surface area contributed by atoms with Crippen molar-refractivity contribution in [3.8, 4) is 67.5 Å². The molecule has 0 spiro atoms. The lowest BCUT2D eigenvalue weighted by molar-refractivity contribution is 1.07. The van der Waals surface area contributed by atoms with Gasteiger partial charge in [-0.15, -0.1) is 0 Å². The van der Waals surface area contributed by atoms with Gasteiger partial charge in [0.1, 0.15) is 0 Å². The molecule has 0 unspecified atom stereocenters. The van der Waals surface area contributed by atoms with Gasteiger partial charge in [-0.25, -0.2) is 15.0 Å². The first-order valence-electron chi connectivity index (χ1n) is 18.0. The highest BCUT2D eigenvalue weighted by Crippen LogP contribution is 2.36. The molecule has 0 radical (unpaired) electrons. The van der Waals surface area contributed by atoms with E-state index in [0.29, 0.717) is 17.5 Å². The highest BCUT2D eigenvalue weighted by Gasteiger charge is 2.15. The minimum Gasteiger partial charge on any atom is -0.388 e. The largest absolute Gasteiger partial charge is 0.388 e. The fraction of sp³-hybridized carbons (Fsp3) is 0.133. The third kappa shape index (κ3) is 7.25. The summed E-state index contributed by atoms with van der Waals surface area (Å²) in [6.45, 7) is 0. The molecule has 1 aromatic heterocycles. The fourth-order valence-corrected chi connectivity index (χ4v) is 6.63. The van der Waals surface area contributed by atoms with E-state index in [-0.39, 0.29) is 0 Å². The Bertz CT molecular complexity index is 2110. The molecule has 0 atom stereocenters. The molecule has 6 aromatic carbocycles. The van der Waals surface area contributed by atoms with Crippen LogP contribution in [0.3, 0.4) is 0 Å². The maximum absolute atomic E-state index is 5.05. The van der Waals surface area contributed by atoms with Gasteiger partial charge >= 0.3 is 0 Å². The predicted molar refractivity (Wildman–Crippen MR) is 230 cm³/mol. The Morgan fingerprint density at radius 1 is 0.278 bits per heavy atom. The van der Waals surface area contributed by atoms with E-state index < -0.39 is 0 Å². The lowest BCUT2D eigenvalue weighted by Crippen LogP contribution is -2.00. The second-order valence-corrected chi connectivity index (χ2v) is 12.8. The number of benzene rings is 6. The van der Waals surface area contributed by atoms with Crippen molar-refractivity contribution < 1.29 is 0 Å². The summed E-state index contributed by atoms with van der Waals surface area (Å²) in [6.07, 6.45) is 0. The van der Waals surface area contributed by atoms with Crippen LogP contribution in [0.1, 0.15) is 0 Å². The van der Waals surface area contributed by atoms with Gasteiger partial charge in [0.15, 0.2) is 17.5 Å². The standard InChI is InChI=1S/C45H45N9/c1-46-34-19-22-40(49-4)37(25-34)28-7-13-31(14-8-28)43-52-44(32-15-9-29(10-16-32)38-26-35(47-2)20-23-41(38)50-5)54-45(53-43)33-17-11-30(12-18-33)39-27-36(48-3)21-24-42(39)51-6/h7-27,46-51H,1-6H3. The van der Waals surface area contributed by atoms with Gasteiger partial charge in [0, 0.05) is 110 Å². The average molecular weight is 712 g/mol. The lowest BCUT2D eigenvalue weighted by atomic mass is 10.00. The number of nitrogens with one attached hydrogen (secondary N) is 6. The molecule has 0 fully saturated rings. The minimum atomic E-state index is 0.603. The van der Waals surface area contributed by atoms with Crippen molar-refractivity contribution in [3.63, 3.8) is 0 Å². The van der Waals surface area contributed by atoms with Crippen molar-refractivity contribution in [2.45, 2.75) is 0 Å². The highest BCUT2D eigenvalue weighted by atomic mass is 15.0. The number of nitrogens with zero attached hydrogens (tertiary/aromatic N) is 3. The predicted octanol–water partition coefficient (Wildman–Crippen LogP) is 10.1. The Morgan fingerprint density at radius 2 is 0.519 bits per heavy atom. The lowest BCUT2D eigenvalue weighted by Gasteiger charge is -2.14. The summed E-state index contributed by atoms with van der Waals surface area (Å²) < 4.78 is 0. The zero-order valence-corrected chi connectivity index (χ0v) is 31.5. The highest BCUT2D eigenvalue weighted by molar-refractivity contribution is 5.85. The zero-order chi connectivity index (χ0) is 37.6. The first kappa shape index (κ1) is 35.5. The monoisotopic (exact) mass is 711 g/mol. The molecule has 9 heteroatoms.